The van der Waals surface area contributed by atoms with Gasteiger partial charge in [-0.1, -0.05) is 11.6 Å². The normalized spacial score (nSPS) is 18.6. The monoisotopic (exact) mass is 262 g/mol. The summed E-state index contributed by atoms with van der Waals surface area (Å²) in [6.07, 6.45) is 7.18. The number of piperidine rings is 1. The number of H-pyrrole nitrogens is 1. The van der Waals surface area contributed by atoms with Crippen LogP contribution in [0.4, 0.5) is 0 Å². The zero-order chi connectivity index (χ0) is 13.1. The van der Waals surface area contributed by atoms with Crippen LogP contribution < -0.4 is 5.73 Å². The molecule has 7 heteroatoms. The third-order valence-corrected chi connectivity index (χ3v) is 3.42. The molecule has 1 saturated heterocycles. The van der Waals surface area contributed by atoms with Crippen LogP contribution in [0.3, 0.4) is 0 Å². The second-order valence-corrected chi connectivity index (χ2v) is 4.91. The predicted octanol–water partition coefficient (Wildman–Crippen LogP) is 0.945. The van der Waals surface area contributed by atoms with Crippen molar-refractivity contribution < 1.29 is 4.52 Å². The van der Waals surface area contributed by atoms with Gasteiger partial charge in [0.1, 0.15) is 0 Å². The van der Waals surface area contributed by atoms with E-state index in [0.717, 1.165) is 25.2 Å². The molecule has 102 valence electrons. The van der Waals surface area contributed by atoms with Gasteiger partial charge in [-0.2, -0.15) is 10.1 Å². The van der Waals surface area contributed by atoms with Crippen molar-refractivity contribution in [2.45, 2.75) is 25.3 Å². The fraction of sp³-hybridized carbons (Fsp3) is 0.583. The smallest absolute Gasteiger partial charge is 0.261 e. The molecule has 2 aromatic rings. The highest BCUT2D eigenvalue weighted by Gasteiger charge is 2.19. The highest BCUT2D eigenvalue weighted by Crippen LogP contribution is 2.18. The van der Waals surface area contributed by atoms with Crippen LogP contribution in [-0.4, -0.2) is 44.9 Å². The van der Waals surface area contributed by atoms with Crippen molar-refractivity contribution in [3.63, 3.8) is 0 Å². The van der Waals surface area contributed by atoms with Gasteiger partial charge in [-0.25, -0.2) is 0 Å². The minimum absolute atomic E-state index is 0.206. The number of nitrogens with one attached hydrogen (secondary N) is 1. The highest BCUT2D eigenvalue weighted by atomic mass is 16.5. The summed E-state index contributed by atoms with van der Waals surface area (Å²) >= 11 is 0. The minimum atomic E-state index is -0.206. The van der Waals surface area contributed by atoms with Crippen molar-refractivity contribution in [2.24, 2.45) is 5.73 Å². The van der Waals surface area contributed by atoms with Crippen molar-refractivity contribution in [3.05, 3.63) is 18.2 Å². The van der Waals surface area contributed by atoms with Crippen molar-refractivity contribution in [1.82, 2.24) is 25.2 Å². The topological polar surface area (TPSA) is 96.9 Å². The lowest BCUT2D eigenvalue weighted by Gasteiger charge is -2.27. The maximum atomic E-state index is 6.14. The number of nitrogens with zero attached hydrogens (tertiary/aromatic N) is 4. The van der Waals surface area contributed by atoms with Crippen LogP contribution in [0.15, 0.2) is 16.9 Å². The summed E-state index contributed by atoms with van der Waals surface area (Å²) in [7, 11) is 0. The Morgan fingerprint density at radius 2 is 2.21 bits per heavy atom. The van der Waals surface area contributed by atoms with E-state index in [2.05, 4.69) is 25.2 Å². The van der Waals surface area contributed by atoms with Crippen LogP contribution in [-0.2, 0) is 0 Å². The second kappa shape index (κ2) is 5.50. The molecule has 1 aliphatic heterocycles. The average Bonchev–Trinajstić information content (AvgIpc) is 3.11. The number of hydrogen-bond acceptors (Lipinski definition) is 6. The molecule has 3 N–H and O–H groups in total. The molecule has 3 heterocycles. The molecule has 1 unspecified atom stereocenters. The van der Waals surface area contributed by atoms with E-state index in [4.69, 9.17) is 10.3 Å². The summed E-state index contributed by atoms with van der Waals surface area (Å²) < 4.78 is 5.20. The van der Waals surface area contributed by atoms with Crippen molar-refractivity contribution in [1.29, 1.82) is 0 Å². The molecule has 0 aromatic carbocycles. The number of likely N-dealkylation sites (tertiary alicyclic amines) is 1. The van der Waals surface area contributed by atoms with Crippen LogP contribution in [0.2, 0.25) is 0 Å². The fourth-order valence-corrected chi connectivity index (χ4v) is 2.37. The van der Waals surface area contributed by atoms with Crippen LogP contribution in [0.25, 0.3) is 11.5 Å². The summed E-state index contributed by atoms with van der Waals surface area (Å²) in [5.74, 6) is 1.01. The molecular weight excluding hydrogens is 244 g/mol. The summed E-state index contributed by atoms with van der Waals surface area (Å²) in [5.41, 5.74) is 6.92. The van der Waals surface area contributed by atoms with Gasteiger partial charge in [-0.05, 0) is 25.9 Å². The first kappa shape index (κ1) is 12.3. The van der Waals surface area contributed by atoms with Crippen LogP contribution in [0, 0.1) is 0 Å². The molecule has 3 rings (SSSR count). The van der Waals surface area contributed by atoms with E-state index in [-0.39, 0.29) is 6.04 Å². The zero-order valence-electron chi connectivity index (χ0n) is 10.7. The predicted molar refractivity (Wildman–Crippen MR) is 69.1 cm³/mol. The van der Waals surface area contributed by atoms with Gasteiger partial charge in [0.2, 0.25) is 0 Å². The standard InChI is InChI=1S/C12H18N6O/c13-10(8-18-4-2-1-3-5-18)11-16-12(19-17-11)9-6-14-15-7-9/h6-7,10H,1-5,8,13H2,(H,14,15). The Morgan fingerprint density at radius 3 is 2.95 bits per heavy atom. The van der Waals surface area contributed by atoms with Crippen molar-refractivity contribution in [3.8, 4) is 11.5 Å². The van der Waals surface area contributed by atoms with Gasteiger partial charge in [0, 0.05) is 12.7 Å². The summed E-state index contributed by atoms with van der Waals surface area (Å²) in [6, 6.07) is -0.206. The Morgan fingerprint density at radius 1 is 1.37 bits per heavy atom. The number of nitrogens with two attached hydrogens (primary N) is 1. The number of aromatic nitrogens is 4. The largest absolute Gasteiger partial charge is 0.334 e. The number of aromatic amines is 1. The SMILES string of the molecule is NC(CN1CCCCC1)c1noc(-c2cn[nH]c2)n1. The molecule has 19 heavy (non-hydrogen) atoms. The lowest BCUT2D eigenvalue weighted by atomic mass is 10.1. The first-order valence-electron chi connectivity index (χ1n) is 6.63. The van der Waals surface area contributed by atoms with E-state index in [1.54, 1.807) is 12.4 Å². The molecule has 0 saturated carbocycles. The lowest BCUT2D eigenvalue weighted by molar-refractivity contribution is 0.213. The Bertz CT molecular complexity index is 502. The van der Waals surface area contributed by atoms with Gasteiger partial charge in [0.05, 0.1) is 17.8 Å². The molecule has 0 radical (unpaired) electrons. The second-order valence-electron chi connectivity index (χ2n) is 4.91. The van der Waals surface area contributed by atoms with Gasteiger partial charge >= 0.3 is 0 Å². The Kier molecular flexibility index (Phi) is 3.56. The van der Waals surface area contributed by atoms with E-state index < -0.39 is 0 Å². The number of rotatable bonds is 4. The molecule has 1 atom stereocenters. The molecule has 7 nitrogen and oxygen atoms in total. The van der Waals surface area contributed by atoms with E-state index >= 15 is 0 Å². The van der Waals surface area contributed by atoms with E-state index in [1.165, 1.54) is 19.3 Å². The molecule has 0 spiro atoms. The molecular formula is C12H18N6O. The van der Waals surface area contributed by atoms with Crippen LogP contribution >= 0.6 is 0 Å². The Balaban J connectivity index is 1.65. The third-order valence-electron chi connectivity index (χ3n) is 3.42. The lowest BCUT2D eigenvalue weighted by Crippen LogP contribution is -2.36. The third kappa shape index (κ3) is 2.82. The summed E-state index contributed by atoms with van der Waals surface area (Å²) in [6.45, 7) is 3.00. The van der Waals surface area contributed by atoms with E-state index in [1.807, 2.05) is 0 Å². The average molecular weight is 262 g/mol. The van der Waals surface area contributed by atoms with Gasteiger partial charge < -0.3 is 15.2 Å². The molecule has 0 aliphatic carbocycles. The number of hydrogen-bond donors (Lipinski definition) is 2. The van der Waals surface area contributed by atoms with Gasteiger partial charge in [0.15, 0.2) is 5.82 Å². The minimum Gasteiger partial charge on any atom is -0.334 e. The van der Waals surface area contributed by atoms with Gasteiger partial charge in [-0.15, -0.1) is 0 Å². The molecule has 0 bridgehead atoms. The zero-order valence-corrected chi connectivity index (χ0v) is 10.7. The summed E-state index contributed by atoms with van der Waals surface area (Å²) in [5, 5.41) is 10.5. The molecule has 1 fully saturated rings. The maximum absolute atomic E-state index is 6.14. The summed E-state index contributed by atoms with van der Waals surface area (Å²) in [4.78, 5) is 6.69. The molecule has 2 aromatic heterocycles. The maximum Gasteiger partial charge on any atom is 0.261 e. The highest BCUT2D eigenvalue weighted by molar-refractivity contribution is 5.49. The first-order valence-corrected chi connectivity index (χ1v) is 6.63. The molecule has 1 aliphatic rings. The quantitative estimate of drug-likeness (QED) is 0.851. The van der Waals surface area contributed by atoms with Crippen LogP contribution in [0.1, 0.15) is 31.1 Å². The Labute approximate surface area is 111 Å². The fourth-order valence-electron chi connectivity index (χ4n) is 2.37. The van der Waals surface area contributed by atoms with Crippen molar-refractivity contribution in [2.75, 3.05) is 19.6 Å². The van der Waals surface area contributed by atoms with E-state index in [0.29, 0.717) is 11.7 Å². The first-order chi connectivity index (χ1) is 9.33. The van der Waals surface area contributed by atoms with Crippen molar-refractivity contribution >= 4 is 0 Å². The van der Waals surface area contributed by atoms with Gasteiger partial charge in [0.25, 0.3) is 5.89 Å². The Hall–Kier alpha value is -1.73. The van der Waals surface area contributed by atoms with E-state index in [9.17, 15) is 0 Å². The van der Waals surface area contributed by atoms with Crippen LogP contribution in [0.5, 0.6) is 0 Å². The van der Waals surface area contributed by atoms with Gasteiger partial charge in [-0.3, -0.25) is 5.10 Å². The molecule has 0 amide bonds.